The van der Waals surface area contributed by atoms with Crippen LogP contribution in [-0.4, -0.2) is 9.97 Å². The van der Waals surface area contributed by atoms with Gasteiger partial charge in [-0.1, -0.05) is 52.3 Å². The Hall–Kier alpha value is -3.76. The standard InChI is InChI=1S/C28H20BrN3/c29-23-13-15-24(16-14-23)32(25-9-5-7-21(19-25)27-11-1-3-17-30-27)26-10-6-8-22(20-26)28-12-2-4-18-31-28/h1-20H. The first-order chi connectivity index (χ1) is 15.8. The molecule has 3 nitrogen and oxygen atoms in total. The van der Waals surface area contributed by atoms with Crippen molar-refractivity contribution in [3.8, 4) is 22.5 Å². The second kappa shape index (κ2) is 9.16. The van der Waals surface area contributed by atoms with Crippen LogP contribution in [0.1, 0.15) is 0 Å². The summed E-state index contributed by atoms with van der Waals surface area (Å²) in [6.07, 6.45) is 3.65. The molecule has 0 fully saturated rings. The maximum Gasteiger partial charge on any atom is 0.0702 e. The molecule has 32 heavy (non-hydrogen) atoms. The number of pyridine rings is 2. The monoisotopic (exact) mass is 477 g/mol. The van der Waals surface area contributed by atoms with E-state index in [2.05, 4.69) is 104 Å². The lowest BCUT2D eigenvalue weighted by molar-refractivity contribution is 1.27. The van der Waals surface area contributed by atoms with Gasteiger partial charge in [-0.3, -0.25) is 9.97 Å². The summed E-state index contributed by atoms with van der Waals surface area (Å²) in [6.45, 7) is 0. The molecule has 0 N–H and O–H groups in total. The molecule has 0 atom stereocenters. The highest BCUT2D eigenvalue weighted by molar-refractivity contribution is 9.10. The van der Waals surface area contributed by atoms with Crippen LogP contribution >= 0.6 is 15.9 Å². The summed E-state index contributed by atoms with van der Waals surface area (Å²) in [5.74, 6) is 0. The van der Waals surface area contributed by atoms with Crippen LogP contribution in [0.2, 0.25) is 0 Å². The van der Waals surface area contributed by atoms with Crippen LogP contribution in [0, 0.1) is 0 Å². The summed E-state index contributed by atoms with van der Waals surface area (Å²) in [7, 11) is 0. The number of benzene rings is 3. The molecule has 5 rings (SSSR count). The molecule has 5 aromatic rings. The molecule has 0 unspecified atom stereocenters. The number of halogens is 1. The van der Waals surface area contributed by atoms with Crippen molar-refractivity contribution < 1.29 is 0 Å². The number of aromatic nitrogens is 2. The van der Waals surface area contributed by atoms with Crippen molar-refractivity contribution in [2.75, 3.05) is 4.90 Å². The molecule has 0 aliphatic carbocycles. The third-order valence-electron chi connectivity index (χ3n) is 5.21. The van der Waals surface area contributed by atoms with Gasteiger partial charge in [-0.05, 0) is 72.8 Å². The lowest BCUT2D eigenvalue weighted by Crippen LogP contribution is -2.10. The van der Waals surface area contributed by atoms with E-state index in [1.54, 1.807) is 0 Å². The van der Waals surface area contributed by atoms with Crippen LogP contribution in [0.5, 0.6) is 0 Å². The Balaban J connectivity index is 1.64. The summed E-state index contributed by atoms with van der Waals surface area (Å²) in [5, 5.41) is 0. The van der Waals surface area contributed by atoms with Crippen LogP contribution in [0.25, 0.3) is 22.5 Å². The zero-order chi connectivity index (χ0) is 21.8. The largest absolute Gasteiger partial charge is 0.310 e. The lowest BCUT2D eigenvalue weighted by atomic mass is 10.1. The van der Waals surface area contributed by atoms with Gasteiger partial charge in [0.05, 0.1) is 11.4 Å². The van der Waals surface area contributed by atoms with E-state index in [1.165, 1.54) is 0 Å². The normalized spacial score (nSPS) is 10.7. The number of anilines is 3. The second-order valence-corrected chi connectivity index (χ2v) is 8.26. The Labute approximate surface area is 196 Å². The highest BCUT2D eigenvalue weighted by Crippen LogP contribution is 2.38. The molecule has 0 aliphatic heterocycles. The first-order valence-corrected chi connectivity index (χ1v) is 11.2. The Bertz CT molecular complexity index is 1240. The molecule has 0 saturated heterocycles. The van der Waals surface area contributed by atoms with Crippen LogP contribution in [0.3, 0.4) is 0 Å². The van der Waals surface area contributed by atoms with Crippen LogP contribution < -0.4 is 4.90 Å². The predicted octanol–water partition coefficient (Wildman–Crippen LogP) is 8.04. The number of rotatable bonds is 5. The van der Waals surface area contributed by atoms with E-state index in [9.17, 15) is 0 Å². The topological polar surface area (TPSA) is 29.0 Å². The van der Waals surface area contributed by atoms with Gasteiger partial charge >= 0.3 is 0 Å². The molecule has 3 aromatic carbocycles. The lowest BCUT2D eigenvalue weighted by Gasteiger charge is -2.26. The van der Waals surface area contributed by atoms with Gasteiger partial charge in [0.25, 0.3) is 0 Å². The zero-order valence-corrected chi connectivity index (χ0v) is 18.9. The second-order valence-electron chi connectivity index (χ2n) is 7.34. The van der Waals surface area contributed by atoms with Gasteiger partial charge in [-0.2, -0.15) is 0 Å². The molecule has 154 valence electrons. The Morgan fingerprint density at radius 3 is 1.50 bits per heavy atom. The van der Waals surface area contributed by atoms with Crippen molar-refractivity contribution in [1.82, 2.24) is 9.97 Å². The van der Waals surface area contributed by atoms with Crippen LogP contribution in [0.4, 0.5) is 17.1 Å². The van der Waals surface area contributed by atoms with Crippen molar-refractivity contribution in [2.45, 2.75) is 0 Å². The molecule has 0 radical (unpaired) electrons. The predicted molar refractivity (Wildman–Crippen MR) is 135 cm³/mol. The average Bonchev–Trinajstić information content (AvgIpc) is 2.87. The van der Waals surface area contributed by atoms with Gasteiger partial charge in [0.2, 0.25) is 0 Å². The number of nitrogens with zero attached hydrogens (tertiary/aromatic N) is 3. The summed E-state index contributed by atoms with van der Waals surface area (Å²) in [5.41, 5.74) is 7.25. The van der Waals surface area contributed by atoms with Crippen molar-refractivity contribution >= 4 is 33.0 Å². The summed E-state index contributed by atoms with van der Waals surface area (Å²) in [6, 6.07) is 37.3. The van der Waals surface area contributed by atoms with Gasteiger partial charge in [-0.15, -0.1) is 0 Å². The molecule has 0 amide bonds. The van der Waals surface area contributed by atoms with E-state index in [-0.39, 0.29) is 0 Å². The Kier molecular flexibility index (Phi) is 5.77. The van der Waals surface area contributed by atoms with Crippen LogP contribution in [0.15, 0.2) is 126 Å². The Morgan fingerprint density at radius 1 is 0.500 bits per heavy atom. The average molecular weight is 478 g/mol. The summed E-state index contributed by atoms with van der Waals surface area (Å²) >= 11 is 3.56. The molecule has 0 bridgehead atoms. The molecule has 4 heteroatoms. The third-order valence-corrected chi connectivity index (χ3v) is 5.74. The third kappa shape index (κ3) is 4.32. The smallest absolute Gasteiger partial charge is 0.0702 e. The SMILES string of the molecule is Brc1ccc(N(c2cccc(-c3ccccn3)c2)c2cccc(-c3ccccn3)c2)cc1. The fourth-order valence-electron chi connectivity index (χ4n) is 3.71. The highest BCUT2D eigenvalue weighted by atomic mass is 79.9. The van der Waals surface area contributed by atoms with E-state index in [4.69, 9.17) is 0 Å². The minimum absolute atomic E-state index is 0.951. The maximum absolute atomic E-state index is 4.53. The van der Waals surface area contributed by atoms with Crippen molar-refractivity contribution in [1.29, 1.82) is 0 Å². The first-order valence-electron chi connectivity index (χ1n) is 10.4. The van der Waals surface area contributed by atoms with Crippen molar-refractivity contribution in [2.24, 2.45) is 0 Å². The van der Waals surface area contributed by atoms with Crippen molar-refractivity contribution in [3.63, 3.8) is 0 Å². The number of hydrogen-bond donors (Lipinski definition) is 0. The van der Waals surface area contributed by atoms with E-state index in [1.807, 2.05) is 48.8 Å². The molecule has 0 aliphatic rings. The fourth-order valence-corrected chi connectivity index (χ4v) is 3.98. The van der Waals surface area contributed by atoms with Gasteiger partial charge in [0.1, 0.15) is 0 Å². The molecule has 2 heterocycles. The maximum atomic E-state index is 4.53. The highest BCUT2D eigenvalue weighted by Gasteiger charge is 2.14. The van der Waals surface area contributed by atoms with Gasteiger partial charge in [0, 0.05) is 45.1 Å². The van der Waals surface area contributed by atoms with Crippen molar-refractivity contribution in [3.05, 3.63) is 126 Å². The first kappa shape index (κ1) is 20.2. The fraction of sp³-hybridized carbons (Fsp3) is 0. The van der Waals surface area contributed by atoms with Gasteiger partial charge in [-0.25, -0.2) is 0 Å². The zero-order valence-electron chi connectivity index (χ0n) is 17.3. The number of hydrogen-bond acceptors (Lipinski definition) is 3. The molecular formula is C28H20BrN3. The van der Waals surface area contributed by atoms with E-state index in [0.29, 0.717) is 0 Å². The minimum Gasteiger partial charge on any atom is -0.310 e. The molecule has 0 spiro atoms. The van der Waals surface area contributed by atoms with Crippen LogP contribution in [-0.2, 0) is 0 Å². The Morgan fingerprint density at radius 2 is 1.03 bits per heavy atom. The minimum atomic E-state index is 0.951. The molecule has 2 aromatic heterocycles. The summed E-state index contributed by atoms with van der Waals surface area (Å²) in [4.78, 5) is 11.3. The molecular weight excluding hydrogens is 458 g/mol. The molecule has 0 saturated carbocycles. The van der Waals surface area contributed by atoms with E-state index >= 15 is 0 Å². The van der Waals surface area contributed by atoms with E-state index < -0.39 is 0 Å². The quantitative estimate of drug-likeness (QED) is 0.256. The van der Waals surface area contributed by atoms with Gasteiger partial charge < -0.3 is 4.90 Å². The van der Waals surface area contributed by atoms with E-state index in [0.717, 1.165) is 44.0 Å². The summed E-state index contributed by atoms with van der Waals surface area (Å²) < 4.78 is 1.05. The van der Waals surface area contributed by atoms with Gasteiger partial charge in [0.15, 0.2) is 0 Å².